The average Bonchev–Trinajstić information content (AvgIpc) is 3.19. The van der Waals surface area contributed by atoms with Gasteiger partial charge in [0.25, 0.3) is 0 Å². The summed E-state index contributed by atoms with van der Waals surface area (Å²) in [7, 11) is 0. The van der Waals surface area contributed by atoms with Gasteiger partial charge in [0.1, 0.15) is 0 Å². The van der Waals surface area contributed by atoms with Crippen LogP contribution in [0.15, 0.2) is 46.0 Å². The van der Waals surface area contributed by atoms with Gasteiger partial charge in [-0.05, 0) is 17.7 Å². The van der Waals surface area contributed by atoms with Gasteiger partial charge in [0.15, 0.2) is 17.8 Å². The quantitative estimate of drug-likeness (QED) is 0.715. The van der Waals surface area contributed by atoms with Gasteiger partial charge in [0, 0.05) is 12.6 Å². The highest BCUT2D eigenvalue weighted by atomic mass is 16.5. The van der Waals surface area contributed by atoms with Crippen LogP contribution in [-0.4, -0.2) is 27.8 Å². The van der Waals surface area contributed by atoms with Gasteiger partial charge in [0.2, 0.25) is 5.76 Å². The highest BCUT2D eigenvalue weighted by Gasteiger charge is 2.21. The molecule has 7 nitrogen and oxygen atoms in total. The zero-order valence-corrected chi connectivity index (χ0v) is 10.4. The minimum absolute atomic E-state index is 0.104. The van der Waals surface area contributed by atoms with Crippen LogP contribution in [0.4, 0.5) is 0 Å². The molecule has 3 aromatic rings. The number of esters is 1. The highest BCUT2D eigenvalue weighted by Crippen LogP contribution is 2.23. The summed E-state index contributed by atoms with van der Waals surface area (Å²) >= 11 is 0. The minimum Gasteiger partial charge on any atom is -0.461 e. The molecule has 0 bridgehead atoms. The summed E-state index contributed by atoms with van der Waals surface area (Å²) in [6, 6.07) is 3.38. The molecule has 0 spiro atoms. The number of oxazole rings is 1. The Bertz CT molecular complexity index is 670. The van der Waals surface area contributed by atoms with Crippen molar-refractivity contribution in [3.63, 3.8) is 0 Å². The molecule has 0 saturated carbocycles. The lowest BCUT2D eigenvalue weighted by atomic mass is 10.2. The number of hydrogen-bond donors (Lipinski definition) is 1. The molecule has 3 heterocycles. The van der Waals surface area contributed by atoms with Crippen molar-refractivity contribution in [3.8, 4) is 11.5 Å². The average molecular weight is 273 g/mol. The lowest BCUT2D eigenvalue weighted by Gasteiger charge is -2.02. The van der Waals surface area contributed by atoms with Crippen molar-refractivity contribution < 1.29 is 18.4 Å². The second-order valence-corrected chi connectivity index (χ2v) is 4.00. The Morgan fingerprint density at radius 2 is 2.35 bits per heavy atom. The van der Waals surface area contributed by atoms with E-state index in [1.807, 2.05) is 0 Å². The van der Waals surface area contributed by atoms with Crippen molar-refractivity contribution in [2.45, 2.75) is 6.42 Å². The number of ether oxygens (including phenoxy) is 1. The molecule has 0 saturated heterocycles. The third-order valence-corrected chi connectivity index (χ3v) is 2.68. The molecule has 102 valence electrons. The smallest absolute Gasteiger partial charge is 0.361 e. The Morgan fingerprint density at radius 3 is 3.10 bits per heavy atom. The first-order valence-electron chi connectivity index (χ1n) is 5.97. The van der Waals surface area contributed by atoms with Crippen LogP contribution >= 0.6 is 0 Å². The fraction of sp³-hybridized carbons (Fsp3) is 0.154. The topological polar surface area (TPSA) is 94.2 Å². The zero-order valence-electron chi connectivity index (χ0n) is 10.4. The summed E-state index contributed by atoms with van der Waals surface area (Å²) in [6.45, 7) is 0.239. The molecular weight excluding hydrogens is 262 g/mol. The van der Waals surface area contributed by atoms with Crippen LogP contribution in [0.1, 0.15) is 16.1 Å². The first kappa shape index (κ1) is 12.2. The third-order valence-electron chi connectivity index (χ3n) is 2.68. The first-order chi connectivity index (χ1) is 9.84. The van der Waals surface area contributed by atoms with Crippen LogP contribution in [0, 0.1) is 0 Å². The van der Waals surface area contributed by atoms with E-state index in [1.54, 1.807) is 24.5 Å². The Morgan fingerprint density at radius 1 is 1.40 bits per heavy atom. The Balaban J connectivity index is 1.64. The predicted octanol–water partition coefficient (Wildman–Crippen LogP) is 2.06. The van der Waals surface area contributed by atoms with E-state index < -0.39 is 5.97 Å². The van der Waals surface area contributed by atoms with E-state index in [9.17, 15) is 4.79 Å². The Hall–Kier alpha value is -2.83. The lowest BCUT2D eigenvalue weighted by molar-refractivity contribution is 0.0503. The van der Waals surface area contributed by atoms with Gasteiger partial charge in [-0.2, -0.15) is 5.10 Å². The molecule has 3 rings (SSSR count). The number of nitrogens with zero attached hydrogens (tertiary/aromatic N) is 2. The molecule has 0 aliphatic heterocycles. The van der Waals surface area contributed by atoms with E-state index in [1.165, 1.54) is 12.7 Å². The molecule has 0 aromatic carbocycles. The van der Waals surface area contributed by atoms with E-state index >= 15 is 0 Å². The number of H-pyrrole nitrogens is 1. The SMILES string of the molecule is O=C(OCCc1cn[nH]c1)c1ncoc1-c1ccco1. The number of nitrogens with one attached hydrogen (secondary N) is 1. The molecule has 1 N–H and O–H groups in total. The number of furan rings is 1. The van der Waals surface area contributed by atoms with Crippen LogP contribution in [0.25, 0.3) is 11.5 Å². The molecule has 0 aliphatic carbocycles. The van der Waals surface area contributed by atoms with Crippen LogP contribution in [0.2, 0.25) is 0 Å². The second-order valence-electron chi connectivity index (χ2n) is 4.00. The van der Waals surface area contributed by atoms with Gasteiger partial charge in [-0.3, -0.25) is 5.10 Å². The first-order valence-corrected chi connectivity index (χ1v) is 5.97. The molecule has 7 heteroatoms. The van der Waals surface area contributed by atoms with Gasteiger partial charge in [-0.15, -0.1) is 0 Å². The van der Waals surface area contributed by atoms with Crippen molar-refractivity contribution in [1.29, 1.82) is 0 Å². The summed E-state index contributed by atoms with van der Waals surface area (Å²) in [5, 5.41) is 6.51. The van der Waals surface area contributed by atoms with Gasteiger partial charge in [0.05, 0.1) is 19.1 Å². The summed E-state index contributed by atoms with van der Waals surface area (Å²) < 4.78 is 15.5. The van der Waals surface area contributed by atoms with Crippen molar-refractivity contribution in [3.05, 3.63) is 48.4 Å². The highest BCUT2D eigenvalue weighted by molar-refractivity contribution is 5.92. The number of hydrogen-bond acceptors (Lipinski definition) is 6. The number of aromatic nitrogens is 3. The number of aromatic amines is 1. The standard InChI is InChI=1S/C13H11N3O4/c17-13(19-5-3-9-6-15-16-7-9)11-12(20-8-14-11)10-2-1-4-18-10/h1-2,4,6-8H,3,5H2,(H,15,16). The second kappa shape index (κ2) is 5.43. The van der Waals surface area contributed by atoms with E-state index in [4.69, 9.17) is 13.6 Å². The van der Waals surface area contributed by atoms with Crippen molar-refractivity contribution >= 4 is 5.97 Å². The summed E-state index contributed by atoms with van der Waals surface area (Å²) in [5.41, 5.74) is 1.07. The molecule has 3 aromatic heterocycles. The van der Waals surface area contributed by atoms with Gasteiger partial charge < -0.3 is 13.6 Å². The van der Waals surface area contributed by atoms with E-state index in [2.05, 4.69) is 15.2 Å². The number of carbonyl (C=O) groups excluding carboxylic acids is 1. The summed E-state index contributed by atoms with van der Waals surface area (Å²) in [6.07, 6.45) is 6.68. The molecule has 20 heavy (non-hydrogen) atoms. The normalized spacial score (nSPS) is 10.6. The molecule has 0 fully saturated rings. The van der Waals surface area contributed by atoms with E-state index in [0.717, 1.165) is 5.56 Å². The predicted molar refractivity (Wildman–Crippen MR) is 66.8 cm³/mol. The Labute approximate surface area is 113 Å². The van der Waals surface area contributed by atoms with Crippen LogP contribution in [0.5, 0.6) is 0 Å². The van der Waals surface area contributed by atoms with Crippen molar-refractivity contribution in [2.24, 2.45) is 0 Å². The summed E-state index contributed by atoms with van der Waals surface area (Å²) in [4.78, 5) is 15.8. The molecule has 0 amide bonds. The maximum Gasteiger partial charge on any atom is 0.361 e. The third kappa shape index (κ3) is 2.46. The monoisotopic (exact) mass is 273 g/mol. The van der Waals surface area contributed by atoms with Crippen molar-refractivity contribution in [2.75, 3.05) is 6.61 Å². The number of carbonyl (C=O) groups is 1. The molecule has 0 atom stereocenters. The fourth-order valence-electron chi connectivity index (χ4n) is 1.72. The van der Waals surface area contributed by atoms with Crippen LogP contribution < -0.4 is 0 Å². The maximum atomic E-state index is 11.9. The lowest BCUT2D eigenvalue weighted by Crippen LogP contribution is -2.09. The van der Waals surface area contributed by atoms with Gasteiger partial charge in [-0.25, -0.2) is 9.78 Å². The maximum absolute atomic E-state index is 11.9. The van der Waals surface area contributed by atoms with E-state index in [-0.39, 0.29) is 18.1 Å². The van der Waals surface area contributed by atoms with Gasteiger partial charge in [-0.1, -0.05) is 0 Å². The molecule has 0 unspecified atom stereocenters. The van der Waals surface area contributed by atoms with Crippen LogP contribution in [-0.2, 0) is 11.2 Å². The summed E-state index contributed by atoms with van der Waals surface area (Å²) in [5.74, 6) is 0.154. The van der Waals surface area contributed by atoms with Crippen molar-refractivity contribution in [1.82, 2.24) is 15.2 Å². The fourth-order valence-corrected chi connectivity index (χ4v) is 1.72. The molecule has 0 aliphatic rings. The zero-order chi connectivity index (χ0) is 13.8. The minimum atomic E-state index is -0.548. The van der Waals surface area contributed by atoms with Crippen LogP contribution in [0.3, 0.4) is 0 Å². The van der Waals surface area contributed by atoms with E-state index in [0.29, 0.717) is 12.2 Å². The van der Waals surface area contributed by atoms with Gasteiger partial charge >= 0.3 is 5.97 Å². The number of rotatable bonds is 5. The molecule has 0 radical (unpaired) electrons. The largest absolute Gasteiger partial charge is 0.461 e. The molecular formula is C13H11N3O4. The Kier molecular flexibility index (Phi) is 3.32.